The number of hydrogen-bond acceptors (Lipinski definition) is 5. The molecule has 0 bridgehead atoms. The average molecular weight is 389 g/mol. The molecule has 2 heterocycles. The number of aromatic hydroxyl groups is 1. The van der Waals surface area contributed by atoms with Crippen LogP contribution in [-0.2, 0) is 16.1 Å². The minimum absolute atomic E-state index is 0.0624. The van der Waals surface area contributed by atoms with E-state index < -0.39 is 6.10 Å². The number of nitrogens with zero attached hydrogens (tertiary/aromatic N) is 1. The number of phenols is 1. The number of amides is 1. The Hall–Kier alpha value is -2.28. The highest BCUT2D eigenvalue weighted by Gasteiger charge is 2.29. The molecule has 0 saturated carbocycles. The number of benzene rings is 2. The molecule has 0 unspecified atom stereocenters. The van der Waals surface area contributed by atoms with Gasteiger partial charge in [-0.3, -0.25) is 4.79 Å². The molecule has 1 atom stereocenters. The van der Waals surface area contributed by atoms with Gasteiger partial charge in [0.15, 0.2) is 11.5 Å². The number of carbonyl (C=O) groups excluding carboxylic acids is 1. The van der Waals surface area contributed by atoms with Gasteiger partial charge in [0.2, 0.25) is 0 Å². The van der Waals surface area contributed by atoms with Gasteiger partial charge in [-0.2, -0.15) is 0 Å². The number of nitrogens with one attached hydrogen (secondary N) is 1. The van der Waals surface area contributed by atoms with Crippen molar-refractivity contribution in [1.82, 2.24) is 10.2 Å². The fourth-order valence-electron chi connectivity index (χ4n) is 3.45. The van der Waals surface area contributed by atoms with Gasteiger partial charge in [0.25, 0.3) is 5.91 Å². The normalized spacial score (nSPS) is 19.7. The fraction of sp³-hybridized carbons (Fsp3) is 0.350. The molecule has 2 N–H and O–H groups in total. The van der Waals surface area contributed by atoms with Gasteiger partial charge in [-0.25, -0.2) is 0 Å². The molecule has 6 nitrogen and oxygen atoms in total. The maximum Gasteiger partial charge on any atom is 0.253 e. The monoisotopic (exact) mass is 388 g/mol. The summed E-state index contributed by atoms with van der Waals surface area (Å²) in [6, 6.07) is 11.0. The van der Waals surface area contributed by atoms with Crippen molar-refractivity contribution < 1.29 is 19.4 Å². The third kappa shape index (κ3) is 3.88. The number of carbonyl (C=O) groups is 1. The van der Waals surface area contributed by atoms with Crippen LogP contribution in [0.1, 0.15) is 5.56 Å². The Kier molecular flexibility index (Phi) is 5.20. The Morgan fingerprint density at radius 1 is 1.22 bits per heavy atom. The highest BCUT2D eigenvalue weighted by molar-refractivity contribution is 6.30. The zero-order chi connectivity index (χ0) is 18.8. The number of rotatable bonds is 2. The molecule has 0 aromatic heterocycles. The van der Waals surface area contributed by atoms with Crippen molar-refractivity contribution in [2.75, 3.05) is 32.8 Å². The molecule has 0 spiro atoms. The molecule has 2 aliphatic rings. The standard InChI is InChI=1S/C20H21ClN2O4/c21-16-3-1-2-13(9-16)14-8-15-12-23(5-7-27-19(15)17(24)10-14)20(25)18-11-22-4-6-26-18/h1-3,8-10,18,22,24H,4-7,11-12H2/t18-/m0/s1. The van der Waals surface area contributed by atoms with Crippen molar-refractivity contribution in [2.45, 2.75) is 12.6 Å². The first-order valence-electron chi connectivity index (χ1n) is 8.97. The second kappa shape index (κ2) is 7.76. The van der Waals surface area contributed by atoms with Crippen LogP contribution in [-0.4, -0.2) is 54.9 Å². The Morgan fingerprint density at radius 2 is 2.11 bits per heavy atom. The van der Waals surface area contributed by atoms with E-state index in [0.717, 1.165) is 23.2 Å². The molecule has 0 radical (unpaired) electrons. The summed E-state index contributed by atoms with van der Waals surface area (Å²) in [5.41, 5.74) is 2.48. The Morgan fingerprint density at radius 3 is 2.89 bits per heavy atom. The number of hydrogen-bond donors (Lipinski definition) is 2. The summed E-state index contributed by atoms with van der Waals surface area (Å²) >= 11 is 6.09. The lowest BCUT2D eigenvalue weighted by Gasteiger charge is -2.28. The minimum Gasteiger partial charge on any atom is -0.504 e. The van der Waals surface area contributed by atoms with Crippen molar-refractivity contribution in [1.29, 1.82) is 0 Å². The molecule has 142 valence electrons. The maximum absolute atomic E-state index is 12.8. The predicted octanol–water partition coefficient (Wildman–Crippen LogP) is 2.42. The minimum atomic E-state index is -0.481. The van der Waals surface area contributed by atoms with Gasteiger partial charge in [-0.05, 0) is 35.4 Å². The fourth-order valence-corrected chi connectivity index (χ4v) is 3.64. The number of phenolic OH excluding ortho intramolecular Hbond substituents is 1. The van der Waals surface area contributed by atoms with Gasteiger partial charge in [0, 0.05) is 30.2 Å². The first-order valence-corrected chi connectivity index (χ1v) is 9.35. The van der Waals surface area contributed by atoms with E-state index in [1.54, 1.807) is 17.0 Å². The quantitative estimate of drug-likeness (QED) is 0.826. The molecule has 1 saturated heterocycles. The molecule has 0 aliphatic carbocycles. The van der Waals surface area contributed by atoms with Crippen LogP contribution in [0.15, 0.2) is 36.4 Å². The Balaban J connectivity index is 1.63. The SMILES string of the molecule is O=C([C@@H]1CNCCO1)N1CCOc2c(O)cc(-c3cccc(Cl)c3)cc2C1. The van der Waals surface area contributed by atoms with Crippen molar-refractivity contribution in [3.05, 3.63) is 47.0 Å². The molecular formula is C20H21ClN2O4. The van der Waals surface area contributed by atoms with Crippen LogP contribution in [0.5, 0.6) is 11.5 Å². The van der Waals surface area contributed by atoms with E-state index in [-0.39, 0.29) is 11.7 Å². The lowest BCUT2D eigenvalue weighted by atomic mass is 10.0. The molecule has 7 heteroatoms. The first kappa shape index (κ1) is 18.1. The van der Waals surface area contributed by atoms with E-state index in [0.29, 0.717) is 43.6 Å². The maximum atomic E-state index is 12.8. The summed E-state index contributed by atoms with van der Waals surface area (Å²) in [5, 5.41) is 14.3. The highest BCUT2D eigenvalue weighted by Crippen LogP contribution is 2.38. The first-order chi connectivity index (χ1) is 13.1. The molecule has 2 aliphatic heterocycles. The molecule has 27 heavy (non-hydrogen) atoms. The van der Waals surface area contributed by atoms with Gasteiger partial charge < -0.3 is 24.8 Å². The smallest absolute Gasteiger partial charge is 0.253 e. The van der Waals surface area contributed by atoms with E-state index in [9.17, 15) is 9.90 Å². The van der Waals surface area contributed by atoms with E-state index in [1.165, 1.54) is 0 Å². The van der Waals surface area contributed by atoms with Crippen molar-refractivity contribution in [3.8, 4) is 22.6 Å². The lowest BCUT2D eigenvalue weighted by Crippen LogP contribution is -2.49. The molecule has 2 aromatic rings. The average Bonchev–Trinajstić information content (AvgIpc) is 2.91. The Bertz CT molecular complexity index is 852. The number of morpholine rings is 1. The van der Waals surface area contributed by atoms with Crippen LogP contribution in [0, 0.1) is 0 Å². The summed E-state index contributed by atoms with van der Waals surface area (Å²) in [6.45, 7) is 2.92. The predicted molar refractivity (Wildman–Crippen MR) is 102 cm³/mol. The zero-order valence-electron chi connectivity index (χ0n) is 14.8. The summed E-state index contributed by atoms with van der Waals surface area (Å²) in [4.78, 5) is 14.6. The summed E-state index contributed by atoms with van der Waals surface area (Å²) in [5.74, 6) is 0.428. The highest BCUT2D eigenvalue weighted by atomic mass is 35.5. The summed E-state index contributed by atoms with van der Waals surface area (Å²) < 4.78 is 11.3. The third-order valence-electron chi connectivity index (χ3n) is 4.79. The summed E-state index contributed by atoms with van der Waals surface area (Å²) in [7, 11) is 0. The molecule has 4 rings (SSSR count). The van der Waals surface area contributed by atoms with Gasteiger partial charge in [0.1, 0.15) is 12.7 Å². The van der Waals surface area contributed by atoms with Crippen LogP contribution in [0.3, 0.4) is 0 Å². The van der Waals surface area contributed by atoms with Crippen LogP contribution in [0.2, 0.25) is 5.02 Å². The second-order valence-electron chi connectivity index (χ2n) is 6.67. The van der Waals surface area contributed by atoms with Crippen molar-refractivity contribution in [3.63, 3.8) is 0 Å². The van der Waals surface area contributed by atoms with Crippen molar-refractivity contribution >= 4 is 17.5 Å². The molecule has 1 fully saturated rings. The van der Waals surface area contributed by atoms with E-state index in [2.05, 4.69) is 5.32 Å². The number of fused-ring (bicyclic) bond motifs is 1. The van der Waals surface area contributed by atoms with Gasteiger partial charge in [0.05, 0.1) is 13.2 Å². The van der Waals surface area contributed by atoms with Crippen LogP contribution >= 0.6 is 11.6 Å². The Labute approximate surface area is 162 Å². The summed E-state index contributed by atoms with van der Waals surface area (Å²) in [6.07, 6.45) is -0.481. The van der Waals surface area contributed by atoms with E-state index in [4.69, 9.17) is 21.1 Å². The molecular weight excluding hydrogens is 368 g/mol. The third-order valence-corrected chi connectivity index (χ3v) is 5.02. The van der Waals surface area contributed by atoms with Crippen molar-refractivity contribution in [2.24, 2.45) is 0 Å². The lowest BCUT2D eigenvalue weighted by molar-refractivity contribution is -0.146. The van der Waals surface area contributed by atoms with E-state index in [1.807, 2.05) is 24.3 Å². The van der Waals surface area contributed by atoms with Gasteiger partial charge >= 0.3 is 0 Å². The molecule has 1 amide bonds. The molecule has 2 aromatic carbocycles. The van der Waals surface area contributed by atoms with Gasteiger partial charge in [-0.15, -0.1) is 0 Å². The second-order valence-corrected chi connectivity index (χ2v) is 7.10. The zero-order valence-corrected chi connectivity index (χ0v) is 15.5. The number of halogens is 1. The largest absolute Gasteiger partial charge is 0.504 e. The number of ether oxygens (including phenoxy) is 2. The topological polar surface area (TPSA) is 71.0 Å². The van der Waals surface area contributed by atoms with E-state index >= 15 is 0 Å². The van der Waals surface area contributed by atoms with Gasteiger partial charge in [-0.1, -0.05) is 23.7 Å². The van der Waals surface area contributed by atoms with Crippen LogP contribution < -0.4 is 10.1 Å². The van der Waals surface area contributed by atoms with Crippen LogP contribution in [0.25, 0.3) is 11.1 Å². The van der Waals surface area contributed by atoms with Crippen LogP contribution in [0.4, 0.5) is 0 Å².